The minimum absolute atomic E-state index is 0.0247. The largest absolute Gasteiger partial charge is 0.336 e. The molecule has 0 spiro atoms. The van der Waals surface area contributed by atoms with E-state index >= 15 is 0 Å². The molecule has 0 aliphatic carbocycles. The van der Waals surface area contributed by atoms with Gasteiger partial charge in [0.25, 0.3) is 5.91 Å². The molecule has 1 saturated heterocycles. The summed E-state index contributed by atoms with van der Waals surface area (Å²) in [5.74, 6) is 0.219. The van der Waals surface area contributed by atoms with E-state index in [2.05, 4.69) is 10.4 Å². The molecule has 1 fully saturated rings. The maximum atomic E-state index is 12.5. The first-order valence-electron chi connectivity index (χ1n) is 10.6. The van der Waals surface area contributed by atoms with Gasteiger partial charge >= 0.3 is 0 Å². The number of nitrogens with one attached hydrogen (secondary N) is 1. The number of carbonyl (C=O) groups is 3. The van der Waals surface area contributed by atoms with Crippen LogP contribution in [-0.2, 0) is 20.8 Å². The van der Waals surface area contributed by atoms with Crippen molar-refractivity contribution in [2.24, 2.45) is 5.92 Å². The molecule has 160 valence electrons. The minimum atomic E-state index is -0.393. The molecular weight excluding hydrogens is 380 g/mol. The van der Waals surface area contributed by atoms with Gasteiger partial charge in [-0.3, -0.25) is 14.4 Å². The standard InChI is InChI=1S/C23H30N4O3/c1-17(2)16-22(29)25-21-10-13-24-27(21)19-11-14-26(15-12-19)23(30)20(28)9-8-18-6-4-3-5-7-18/h3-7,10,13,17,19H,8-9,11-12,14-16H2,1-2H3,(H,25,29). The number of benzene rings is 1. The van der Waals surface area contributed by atoms with Crippen LogP contribution in [0.25, 0.3) is 0 Å². The highest BCUT2D eigenvalue weighted by molar-refractivity contribution is 6.36. The Morgan fingerprint density at radius 2 is 1.80 bits per heavy atom. The van der Waals surface area contributed by atoms with E-state index in [9.17, 15) is 14.4 Å². The van der Waals surface area contributed by atoms with Gasteiger partial charge in [-0.1, -0.05) is 44.2 Å². The van der Waals surface area contributed by atoms with Crippen molar-refractivity contribution in [2.45, 2.75) is 52.0 Å². The number of likely N-dealkylation sites (tertiary alicyclic amines) is 1. The fraction of sp³-hybridized carbons (Fsp3) is 0.478. The average Bonchev–Trinajstić information content (AvgIpc) is 3.19. The molecule has 0 radical (unpaired) electrons. The van der Waals surface area contributed by atoms with Crippen LogP contribution < -0.4 is 5.32 Å². The van der Waals surface area contributed by atoms with Crippen LogP contribution in [0.4, 0.5) is 5.82 Å². The summed E-state index contributed by atoms with van der Waals surface area (Å²) in [7, 11) is 0. The Labute approximate surface area is 177 Å². The van der Waals surface area contributed by atoms with E-state index in [0.29, 0.717) is 44.6 Å². The maximum absolute atomic E-state index is 12.5. The van der Waals surface area contributed by atoms with Gasteiger partial charge < -0.3 is 10.2 Å². The lowest BCUT2D eigenvalue weighted by molar-refractivity contribution is -0.145. The van der Waals surface area contributed by atoms with Gasteiger partial charge in [0, 0.05) is 32.0 Å². The van der Waals surface area contributed by atoms with E-state index in [1.807, 2.05) is 48.9 Å². The summed E-state index contributed by atoms with van der Waals surface area (Å²) < 4.78 is 1.83. The molecule has 2 aromatic rings. The first-order chi connectivity index (χ1) is 14.4. The lowest BCUT2D eigenvalue weighted by Gasteiger charge is -2.32. The quantitative estimate of drug-likeness (QED) is 0.677. The predicted molar refractivity (Wildman–Crippen MR) is 115 cm³/mol. The number of anilines is 1. The Balaban J connectivity index is 1.50. The van der Waals surface area contributed by atoms with Crippen molar-refractivity contribution in [1.82, 2.24) is 14.7 Å². The molecule has 0 bridgehead atoms. The molecule has 1 aliphatic heterocycles. The molecule has 2 amide bonds. The maximum Gasteiger partial charge on any atom is 0.289 e. The number of aryl methyl sites for hydroxylation is 1. The van der Waals surface area contributed by atoms with Crippen LogP contribution >= 0.6 is 0 Å². The summed E-state index contributed by atoms with van der Waals surface area (Å²) in [4.78, 5) is 38.6. The van der Waals surface area contributed by atoms with Crippen molar-refractivity contribution in [3.8, 4) is 0 Å². The Morgan fingerprint density at radius 3 is 2.47 bits per heavy atom. The second kappa shape index (κ2) is 10.2. The Hall–Kier alpha value is -2.96. The SMILES string of the molecule is CC(C)CC(=O)Nc1ccnn1C1CCN(C(=O)C(=O)CCc2ccccc2)CC1. The predicted octanol–water partition coefficient (Wildman–Crippen LogP) is 3.23. The lowest BCUT2D eigenvalue weighted by atomic mass is 10.0. The second-order valence-electron chi connectivity index (χ2n) is 8.24. The first kappa shape index (κ1) is 21.7. The van der Waals surface area contributed by atoms with E-state index in [1.165, 1.54) is 0 Å². The normalized spacial score (nSPS) is 14.7. The van der Waals surface area contributed by atoms with E-state index in [4.69, 9.17) is 0 Å². The zero-order valence-corrected chi connectivity index (χ0v) is 17.7. The number of carbonyl (C=O) groups excluding carboxylic acids is 3. The van der Waals surface area contributed by atoms with Gasteiger partial charge in [0.05, 0.1) is 12.2 Å². The molecule has 0 unspecified atom stereocenters. The highest BCUT2D eigenvalue weighted by atomic mass is 16.2. The summed E-state index contributed by atoms with van der Waals surface area (Å²) >= 11 is 0. The van der Waals surface area contributed by atoms with E-state index in [0.717, 1.165) is 5.56 Å². The summed E-state index contributed by atoms with van der Waals surface area (Å²) in [5, 5.41) is 7.30. The topological polar surface area (TPSA) is 84.3 Å². The zero-order chi connectivity index (χ0) is 21.5. The van der Waals surface area contributed by atoms with Crippen LogP contribution in [0.3, 0.4) is 0 Å². The molecule has 0 atom stereocenters. The molecule has 2 heterocycles. The Morgan fingerprint density at radius 1 is 1.10 bits per heavy atom. The number of hydrogen-bond acceptors (Lipinski definition) is 4. The van der Waals surface area contributed by atoms with Crippen LogP contribution in [-0.4, -0.2) is 45.4 Å². The second-order valence-corrected chi connectivity index (χ2v) is 8.24. The number of hydrogen-bond donors (Lipinski definition) is 1. The number of rotatable bonds is 8. The third-order valence-corrected chi connectivity index (χ3v) is 5.35. The van der Waals surface area contributed by atoms with E-state index < -0.39 is 5.91 Å². The van der Waals surface area contributed by atoms with Gasteiger partial charge in [0.15, 0.2) is 0 Å². The molecule has 7 nitrogen and oxygen atoms in total. The van der Waals surface area contributed by atoms with Crippen molar-refractivity contribution >= 4 is 23.4 Å². The van der Waals surface area contributed by atoms with Crippen molar-refractivity contribution in [3.63, 3.8) is 0 Å². The lowest BCUT2D eigenvalue weighted by Crippen LogP contribution is -2.42. The number of piperidine rings is 1. The zero-order valence-electron chi connectivity index (χ0n) is 17.7. The van der Waals surface area contributed by atoms with Crippen molar-refractivity contribution in [2.75, 3.05) is 18.4 Å². The van der Waals surface area contributed by atoms with Crippen LogP contribution in [0.15, 0.2) is 42.6 Å². The Kier molecular flexibility index (Phi) is 7.38. The van der Waals surface area contributed by atoms with Crippen LogP contribution in [0.2, 0.25) is 0 Å². The minimum Gasteiger partial charge on any atom is -0.336 e. The van der Waals surface area contributed by atoms with E-state index in [-0.39, 0.29) is 30.1 Å². The molecule has 7 heteroatoms. The molecule has 0 saturated carbocycles. The summed E-state index contributed by atoms with van der Waals surface area (Å²) in [5.41, 5.74) is 1.06. The summed E-state index contributed by atoms with van der Waals surface area (Å²) in [6.07, 6.45) is 4.35. The number of amides is 2. The average molecular weight is 411 g/mol. The van der Waals surface area contributed by atoms with Gasteiger partial charge in [-0.2, -0.15) is 5.10 Å². The Bertz CT molecular complexity index is 868. The summed E-state index contributed by atoms with van der Waals surface area (Å²) in [6, 6.07) is 11.6. The first-order valence-corrected chi connectivity index (χ1v) is 10.6. The highest BCUT2D eigenvalue weighted by Crippen LogP contribution is 2.26. The fourth-order valence-electron chi connectivity index (χ4n) is 3.77. The van der Waals surface area contributed by atoms with Crippen LogP contribution in [0.1, 0.15) is 51.1 Å². The van der Waals surface area contributed by atoms with Crippen molar-refractivity contribution in [3.05, 3.63) is 48.2 Å². The third kappa shape index (κ3) is 5.78. The number of nitrogens with zero attached hydrogens (tertiary/aromatic N) is 3. The fourth-order valence-corrected chi connectivity index (χ4v) is 3.77. The highest BCUT2D eigenvalue weighted by Gasteiger charge is 2.28. The van der Waals surface area contributed by atoms with Crippen LogP contribution in [0.5, 0.6) is 0 Å². The van der Waals surface area contributed by atoms with Crippen LogP contribution in [0, 0.1) is 5.92 Å². The van der Waals surface area contributed by atoms with Crippen molar-refractivity contribution in [1.29, 1.82) is 0 Å². The molecule has 1 aliphatic rings. The van der Waals surface area contributed by atoms with Gasteiger partial charge in [0.1, 0.15) is 5.82 Å². The monoisotopic (exact) mass is 410 g/mol. The summed E-state index contributed by atoms with van der Waals surface area (Å²) in [6.45, 7) is 5.04. The van der Waals surface area contributed by atoms with E-state index in [1.54, 1.807) is 17.2 Å². The van der Waals surface area contributed by atoms with Gasteiger partial charge in [0.2, 0.25) is 11.7 Å². The molecule has 3 rings (SSSR count). The molecule has 1 aromatic carbocycles. The van der Waals surface area contributed by atoms with Gasteiger partial charge in [-0.15, -0.1) is 0 Å². The molecule has 30 heavy (non-hydrogen) atoms. The number of ketones is 1. The molecule has 1 aromatic heterocycles. The third-order valence-electron chi connectivity index (χ3n) is 5.35. The van der Waals surface area contributed by atoms with Crippen molar-refractivity contribution < 1.29 is 14.4 Å². The molecule has 1 N–H and O–H groups in total. The molecular formula is C23H30N4O3. The van der Waals surface area contributed by atoms with Gasteiger partial charge in [-0.05, 0) is 30.7 Å². The number of aromatic nitrogens is 2. The van der Waals surface area contributed by atoms with Gasteiger partial charge in [-0.25, -0.2) is 4.68 Å². The number of Topliss-reactive ketones (excluding diaryl/α,β-unsaturated/α-hetero) is 1. The smallest absolute Gasteiger partial charge is 0.289 e.